The highest BCUT2D eigenvalue weighted by atomic mass is 16.5. The normalized spacial score (nSPS) is 18.0. The molecule has 0 bridgehead atoms. The molecule has 7 nitrogen and oxygen atoms in total. The monoisotopic (exact) mass is 408 g/mol. The minimum absolute atomic E-state index is 0.0555. The summed E-state index contributed by atoms with van der Waals surface area (Å²) in [4.78, 5) is 38.6. The first-order valence-corrected chi connectivity index (χ1v) is 10.5. The highest BCUT2D eigenvalue weighted by Crippen LogP contribution is 2.21. The van der Waals surface area contributed by atoms with Crippen LogP contribution in [0.4, 0.5) is 0 Å². The van der Waals surface area contributed by atoms with E-state index in [-0.39, 0.29) is 49.5 Å². The molecule has 164 valence electrons. The Kier molecular flexibility index (Phi) is 12.0. The molecule has 2 amide bonds. The van der Waals surface area contributed by atoms with E-state index in [0.29, 0.717) is 19.4 Å². The third-order valence-corrected chi connectivity index (χ3v) is 5.07. The average Bonchev–Trinajstić information content (AvgIpc) is 3.18. The van der Waals surface area contributed by atoms with Gasteiger partial charge in [0.15, 0.2) is 0 Å². The summed E-state index contributed by atoms with van der Waals surface area (Å²) in [7, 11) is 0. The quantitative estimate of drug-likeness (QED) is 0.261. The smallest absolute Gasteiger partial charge is 0.305 e. The summed E-state index contributed by atoms with van der Waals surface area (Å²) >= 11 is 0. The lowest BCUT2D eigenvalue weighted by Crippen LogP contribution is -2.43. The Morgan fingerprint density at radius 2 is 2.03 bits per heavy atom. The van der Waals surface area contributed by atoms with Crippen molar-refractivity contribution in [2.24, 2.45) is 5.92 Å². The van der Waals surface area contributed by atoms with Crippen LogP contribution in [0.5, 0.6) is 0 Å². The van der Waals surface area contributed by atoms with E-state index >= 15 is 0 Å². The lowest BCUT2D eigenvalue weighted by Gasteiger charge is -2.25. The Labute approximate surface area is 174 Å². The number of likely N-dealkylation sites (tertiary alicyclic amines) is 1. The SMILES string of the molecule is C=CCCCCC(=O)OC[C@H](C)NC(=O)[C@H](CC=C)CC(=O)N1CCC[C@H]1CO. The van der Waals surface area contributed by atoms with Crippen molar-refractivity contribution in [3.63, 3.8) is 0 Å². The Morgan fingerprint density at radius 3 is 2.69 bits per heavy atom. The van der Waals surface area contributed by atoms with Crippen LogP contribution in [0.3, 0.4) is 0 Å². The summed E-state index contributed by atoms with van der Waals surface area (Å²) in [6.07, 6.45) is 8.43. The summed E-state index contributed by atoms with van der Waals surface area (Å²) in [6.45, 7) is 9.74. The van der Waals surface area contributed by atoms with Crippen LogP contribution < -0.4 is 5.32 Å². The molecule has 1 fully saturated rings. The maximum atomic E-state index is 12.6. The van der Waals surface area contributed by atoms with Crippen molar-refractivity contribution in [3.05, 3.63) is 25.3 Å². The second-order valence-corrected chi connectivity index (χ2v) is 7.62. The van der Waals surface area contributed by atoms with Gasteiger partial charge in [0.25, 0.3) is 0 Å². The third-order valence-electron chi connectivity index (χ3n) is 5.07. The van der Waals surface area contributed by atoms with Crippen molar-refractivity contribution in [1.82, 2.24) is 10.2 Å². The number of carbonyl (C=O) groups excluding carboxylic acids is 3. The number of allylic oxidation sites excluding steroid dienone is 2. The minimum atomic E-state index is -0.531. The van der Waals surface area contributed by atoms with Crippen LogP contribution in [0, 0.1) is 5.92 Å². The molecule has 0 aromatic heterocycles. The van der Waals surface area contributed by atoms with Crippen molar-refractivity contribution >= 4 is 17.8 Å². The number of amides is 2. The molecule has 0 saturated carbocycles. The largest absolute Gasteiger partial charge is 0.464 e. The highest BCUT2D eigenvalue weighted by molar-refractivity contribution is 5.86. The molecule has 0 spiro atoms. The maximum Gasteiger partial charge on any atom is 0.305 e. The van der Waals surface area contributed by atoms with Crippen molar-refractivity contribution in [1.29, 1.82) is 0 Å². The summed E-state index contributed by atoms with van der Waals surface area (Å²) in [5.41, 5.74) is 0. The molecule has 0 radical (unpaired) electrons. The van der Waals surface area contributed by atoms with Gasteiger partial charge < -0.3 is 20.1 Å². The standard InChI is InChI=1S/C22H36N2O5/c1-4-6-7-8-12-21(27)29-16-17(3)23-22(28)18(10-5-2)14-20(26)24-13-9-11-19(24)15-25/h4-5,17-19,25H,1-2,6-16H2,3H3,(H,23,28)/t17-,18+,19-/m0/s1. The number of nitrogens with one attached hydrogen (secondary N) is 1. The summed E-state index contributed by atoms with van der Waals surface area (Å²) in [6, 6.07) is -0.501. The molecular formula is C22H36N2O5. The second kappa shape index (κ2) is 13.9. The van der Waals surface area contributed by atoms with Crippen LogP contribution in [0.1, 0.15) is 58.3 Å². The van der Waals surface area contributed by atoms with Crippen molar-refractivity contribution in [2.45, 2.75) is 70.4 Å². The molecule has 7 heteroatoms. The van der Waals surface area contributed by atoms with Gasteiger partial charge >= 0.3 is 5.97 Å². The van der Waals surface area contributed by atoms with Crippen molar-refractivity contribution < 1.29 is 24.2 Å². The van der Waals surface area contributed by atoms with Gasteiger partial charge in [-0.2, -0.15) is 0 Å². The molecule has 29 heavy (non-hydrogen) atoms. The van der Waals surface area contributed by atoms with Gasteiger partial charge in [0.1, 0.15) is 6.61 Å². The number of carbonyl (C=O) groups is 3. The van der Waals surface area contributed by atoms with Crippen LogP contribution in [0.2, 0.25) is 0 Å². The number of esters is 1. The Morgan fingerprint density at radius 1 is 1.28 bits per heavy atom. The highest BCUT2D eigenvalue weighted by Gasteiger charge is 2.31. The molecule has 3 atom stereocenters. The van der Waals surface area contributed by atoms with Crippen LogP contribution >= 0.6 is 0 Å². The van der Waals surface area contributed by atoms with Gasteiger partial charge in [0.05, 0.1) is 24.6 Å². The van der Waals surface area contributed by atoms with E-state index in [1.807, 2.05) is 6.08 Å². The van der Waals surface area contributed by atoms with Gasteiger partial charge in [-0.25, -0.2) is 0 Å². The number of hydrogen-bond acceptors (Lipinski definition) is 5. The van der Waals surface area contributed by atoms with E-state index in [2.05, 4.69) is 18.5 Å². The lowest BCUT2D eigenvalue weighted by atomic mass is 9.99. The number of rotatable bonds is 14. The molecule has 0 aromatic carbocycles. The van der Waals surface area contributed by atoms with E-state index in [0.717, 1.165) is 32.1 Å². The van der Waals surface area contributed by atoms with Gasteiger partial charge in [-0.15, -0.1) is 13.2 Å². The second-order valence-electron chi connectivity index (χ2n) is 7.62. The van der Waals surface area contributed by atoms with Crippen LogP contribution in [-0.2, 0) is 19.1 Å². The third kappa shape index (κ3) is 9.26. The number of aliphatic hydroxyl groups is 1. The Hall–Kier alpha value is -2.15. The summed E-state index contributed by atoms with van der Waals surface area (Å²) in [5.74, 6) is -1.19. The van der Waals surface area contributed by atoms with Gasteiger partial charge in [0.2, 0.25) is 11.8 Å². The Balaban J connectivity index is 2.44. The zero-order valence-electron chi connectivity index (χ0n) is 17.6. The maximum absolute atomic E-state index is 12.6. The first-order chi connectivity index (χ1) is 13.9. The van der Waals surface area contributed by atoms with E-state index in [4.69, 9.17) is 4.74 Å². The summed E-state index contributed by atoms with van der Waals surface area (Å²) in [5, 5.41) is 12.2. The molecule has 0 aliphatic carbocycles. The fraction of sp³-hybridized carbons (Fsp3) is 0.682. The molecule has 0 aromatic rings. The van der Waals surface area contributed by atoms with Gasteiger partial charge in [-0.3, -0.25) is 14.4 Å². The average molecular weight is 409 g/mol. The predicted octanol–water partition coefficient (Wildman–Crippen LogP) is 2.35. The molecule has 1 heterocycles. The summed E-state index contributed by atoms with van der Waals surface area (Å²) < 4.78 is 5.21. The fourth-order valence-corrected chi connectivity index (χ4v) is 3.42. The number of unbranched alkanes of at least 4 members (excludes halogenated alkanes) is 2. The topological polar surface area (TPSA) is 95.9 Å². The van der Waals surface area contributed by atoms with Crippen molar-refractivity contribution in [3.8, 4) is 0 Å². The number of hydrogen-bond donors (Lipinski definition) is 2. The Bertz CT molecular complexity index is 563. The zero-order chi connectivity index (χ0) is 21.6. The molecule has 1 aliphatic rings. The zero-order valence-corrected chi connectivity index (χ0v) is 17.6. The molecule has 1 rings (SSSR count). The minimum Gasteiger partial charge on any atom is -0.464 e. The van der Waals surface area contributed by atoms with E-state index in [1.165, 1.54) is 0 Å². The molecule has 0 unspecified atom stereocenters. The van der Waals surface area contributed by atoms with E-state index in [1.54, 1.807) is 17.9 Å². The first-order valence-electron chi connectivity index (χ1n) is 10.5. The molecule has 1 saturated heterocycles. The van der Waals surface area contributed by atoms with Gasteiger partial charge in [0, 0.05) is 19.4 Å². The van der Waals surface area contributed by atoms with Gasteiger partial charge in [-0.1, -0.05) is 12.2 Å². The number of aliphatic hydroxyl groups excluding tert-OH is 1. The van der Waals surface area contributed by atoms with Crippen molar-refractivity contribution in [2.75, 3.05) is 19.8 Å². The molecule has 2 N–H and O–H groups in total. The molecule has 1 aliphatic heterocycles. The van der Waals surface area contributed by atoms with Crippen LogP contribution in [0.25, 0.3) is 0 Å². The lowest BCUT2D eigenvalue weighted by molar-refractivity contribution is -0.145. The fourth-order valence-electron chi connectivity index (χ4n) is 3.42. The number of ether oxygens (including phenoxy) is 1. The first kappa shape index (κ1) is 24.9. The predicted molar refractivity (Wildman–Crippen MR) is 112 cm³/mol. The van der Waals surface area contributed by atoms with Crippen LogP contribution in [-0.4, -0.2) is 59.6 Å². The molecular weight excluding hydrogens is 372 g/mol. The van der Waals surface area contributed by atoms with E-state index < -0.39 is 5.92 Å². The number of nitrogens with zero attached hydrogens (tertiary/aromatic N) is 1. The van der Waals surface area contributed by atoms with Gasteiger partial charge in [-0.05, 0) is 45.4 Å². The van der Waals surface area contributed by atoms with Crippen LogP contribution in [0.15, 0.2) is 25.3 Å². The van der Waals surface area contributed by atoms with E-state index in [9.17, 15) is 19.5 Å².